The second-order valence-corrected chi connectivity index (χ2v) is 11.3. The van der Waals surface area contributed by atoms with Gasteiger partial charge >= 0.3 is 17.9 Å². The van der Waals surface area contributed by atoms with Crippen LogP contribution in [0.1, 0.15) is 88.7 Å². The van der Waals surface area contributed by atoms with Gasteiger partial charge in [-0.05, 0) is 56.1 Å². The molecule has 3 aromatic rings. The van der Waals surface area contributed by atoms with Crippen molar-refractivity contribution in [1.29, 1.82) is 0 Å². The van der Waals surface area contributed by atoms with Crippen LogP contribution in [0.2, 0.25) is 0 Å². The van der Waals surface area contributed by atoms with Crippen LogP contribution in [0.3, 0.4) is 0 Å². The Balaban J connectivity index is 1.86. The molecule has 1 aromatic heterocycles. The topological polar surface area (TPSA) is 148 Å². The smallest absolute Gasteiger partial charge is 0.311 e. The summed E-state index contributed by atoms with van der Waals surface area (Å²) in [6.45, 7) is 1.22. The summed E-state index contributed by atoms with van der Waals surface area (Å²) in [6.07, 6.45) is 7.92. The molecule has 256 valence electrons. The summed E-state index contributed by atoms with van der Waals surface area (Å²) in [5, 5.41) is 8.94. The van der Waals surface area contributed by atoms with Gasteiger partial charge in [0.05, 0.1) is 11.7 Å². The summed E-state index contributed by atoms with van der Waals surface area (Å²) in [5.41, 5.74) is 1.45. The number of carbonyl (C=O) groups is 3. The van der Waals surface area contributed by atoms with Crippen molar-refractivity contribution in [3.05, 3.63) is 58.4 Å². The number of rotatable bonds is 22. The van der Waals surface area contributed by atoms with Gasteiger partial charge in [0.15, 0.2) is 0 Å². The molecule has 0 spiro atoms. The van der Waals surface area contributed by atoms with Gasteiger partial charge in [0.1, 0.15) is 28.7 Å². The van der Waals surface area contributed by atoms with Crippen molar-refractivity contribution in [2.24, 2.45) is 0 Å². The average Bonchev–Trinajstić information content (AvgIpc) is 3.05. The predicted octanol–water partition coefficient (Wildman–Crippen LogP) is 7.02. The molecule has 1 heterocycles. The first-order valence-electron chi connectivity index (χ1n) is 16.1. The lowest BCUT2D eigenvalue weighted by molar-refractivity contribution is -0.137. The van der Waals surface area contributed by atoms with Crippen LogP contribution in [-0.2, 0) is 28.6 Å². The first kappa shape index (κ1) is 37.4. The first-order chi connectivity index (χ1) is 22.8. The van der Waals surface area contributed by atoms with Gasteiger partial charge in [-0.25, -0.2) is 0 Å². The van der Waals surface area contributed by atoms with E-state index in [1.165, 1.54) is 18.4 Å². The lowest BCUT2D eigenvalue weighted by Crippen LogP contribution is -2.13. The van der Waals surface area contributed by atoms with E-state index in [1.54, 1.807) is 33.5 Å². The van der Waals surface area contributed by atoms with Gasteiger partial charge in [0.2, 0.25) is 5.43 Å². The minimum Gasteiger partial charge on any atom is -0.481 e. The number of fused-ring (bicyclic) bond motifs is 1. The number of hydrogen-bond donors (Lipinski definition) is 1. The number of carboxylic acids is 1. The number of methoxy groups -OCH3 is 3. The Morgan fingerprint density at radius 2 is 1.38 bits per heavy atom. The van der Waals surface area contributed by atoms with Crippen LogP contribution in [0.4, 0.5) is 0 Å². The zero-order valence-corrected chi connectivity index (χ0v) is 27.5. The third-order valence-corrected chi connectivity index (χ3v) is 7.71. The van der Waals surface area contributed by atoms with E-state index in [0.29, 0.717) is 50.9 Å². The highest BCUT2D eigenvalue weighted by Crippen LogP contribution is 2.33. The van der Waals surface area contributed by atoms with Crippen LogP contribution in [-0.4, -0.2) is 57.6 Å². The standard InChI is InChI=1S/C36H46O11/c1-42-20-10-4-6-14-33(39)46-27-22-30-35(31(23-27)47-34(40)15-7-5-11-21-43-2)36(41)28(24-45-30)25-16-18-26(19-17-25)29(44-3)12-8-9-13-32(37)38/h16-19,22-24,29H,4-15,20-21H2,1-3H3,(H,37,38)/t29-/m1/s1. The molecule has 0 fully saturated rings. The summed E-state index contributed by atoms with van der Waals surface area (Å²) >= 11 is 0. The Morgan fingerprint density at radius 3 is 1.98 bits per heavy atom. The molecule has 11 heteroatoms. The second kappa shape index (κ2) is 20.2. The molecular formula is C36H46O11. The van der Waals surface area contributed by atoms with E-state index in [4.69, 9.17) is 33.2 Å². The Kier molecular flexibility index (Phi) is 16.1. The summed E-state index contributed by atoms with van der Waals surface area (Å²) in [6, 6.07) is 10.1. The van der Waals surface area contributed by atoms with Crippen molar-refractivity contribution >= 4 is 28.9 Å². The zero-order valence-electron chi connectivity index (χ0n) is 27.5. The second-order valence-electron chi connectivity index (χ2n) is 11.3. The molecule has 0 aliphatic rings. The van der Waals surface area contributed by atoms with Crippen molar-refractivity contribution in [3.8, 4) is 22.6 Å². The fourth-order valence-electron chi connectivity index (χ4n) is 5.18. The van der Waals surface area contributed by atoms with E-state index in [0.717, 1.165) is 31.2 Å². The molecule has 0 radical (unpaired) electrons. The van der Waals surface area contributed by atoms with Gasteiger partial charge in [-0.15, -0.1) is 0 Å². The highest BCUT2D eigenvalue weighted by Gasteiger charge is 2.20. The maximum Gasteiger partial charge on any atom is 0.311 e. The summed E-state index contributed by atoms with van der Waals surface area (Å²) in [4.78, 5) is 50.1. The van der Waals surface area contributed by atoms with Crippen LogP contribution in [0.25, 0.3) is 22.1 Å². The summed E-state index contributed by atoms with van der Waals surface area (Å²) < 4.78 is 32.8. The lowest BCUT2D eigenvalue weighted by atomic mass is 9.99. The molecule has 1 atom stereocenters. The third-order valence-electron chi connectivity index (χ3n) is 7.71. The van der Waals surface area contributed by atoms with Crippen molar-refractivity contribution in [1.82, 2.24) is 0 Å². The molecule has 0 amide bonds. The highest BCUT2D eigenvalue weighted by molar-refractivity contribution is 5.91. The largest absolute Gasteiger partial charge is 0.481 e. The zero-order chi connectivity index (χ0) is 34.0. The van der Waals surface area contributed by atoms with E-state index < -0.39 is 23.3 Å². The van der Waals surface area contributed by atoms with Crippen LogP contribution in [0, 0.1) is 0 Å². The lowest BCUT2D eigenvalue weighted by Gasteiger charge is -2.16. The highest BCUT2D eigenvalue weighted by atomic mass is 16.5. The molecule has 1 N–H and O–H groups in total. The van der Waals surface area contributed by atoms with E-state index in [1.807, 2.05) is 12.1 Å². The minimum absolute atomic E-state index is 0.0414. The van der Waals surface area contributed by atoms with Gasteiger partial charge < -0.3 is 33.2 Å². The monoisotopic (exact) mass is 654 g/mol. The SMILES string of the molecule is COCCCCCC(=O)Oc1cc(OC(=O)CCCCCOC)c2c(=O)c(-c3ccc([C@@H](CCCCC(=O)O)OC)cc3)coc2c1. The van der Waals surface area contributed by atoms with Crippen molar-refractivity contribution in [2.75, 3.05) is 34.5 Å². The quantitative estimate of drug-likeness (QED) is 0.0677. The molecular weight excluding hydrogens is 608 g/mol. The molecule has 47 heavy (non-hydrogen) atoms. The molecule has 11 nitrogen and oxygen atoms in total. The van der Waals surface area contributed by atoms with Gasteiger partial charge in [-0.2, -0.15) is 0 Å². The van der Waals surface area contributed by atoms with Gasteiger partial charge in [0, 0.05) is 65.9 Å². The number of ether oxygens (including phenoxy) is 5. The first-order valence-corrected chi connectivity index (χ1v) is 16.1. The van der Waals surface area contributed by atoms with E-state index in [-0.39, 0.29) is 53.4 Å². The number of carbonyl (C=O) groups excluding carboxylic acids is 2. The molecule has 0 bridgehead atoms. The molecule has 2 aromatic carbocycles. The van der Waals surface area contributed by atoms with Crippen molar-refractivity contribution in [3.63, 3.8) is 0 Å². The predicted molar refractivity (Wildman–Crippen MR) is 176 cm³/mol. The maximum absolute atomic E-state index is 13.9. The normalized spacial score (nSPS) is 11.8. The molecule has 0 saturated carbocycles. The average molecular weight is 655 g/mol. The Bertz CT molecular complexity index is 1490. The number of hydrogen-bond acceptors (Lipinski definition) is 10. The summed E-state index contributed by atoms with van der Waals surface area (Å²) in [5.74, 6) is -1.73. The third kappa shape index (κ3) is 12.2. The van der Waals surface area contributed by atoms with Crippen LogP contribution < -0.4 is 14.9 Å². The fraction of sp³-hybridized carbons (Fsp3) is 0.500. The number of carboxylic acid groups (broad SMARTS) is 1. The Morgan fingerprint density at radius 1 is 0.766 bits per heavy atom. The Labute approximate surface area is 275 Å². The van der Waals surface area contributed by atoms with Gasteiger partial charge in [0.25, 0.3) is 0 Å². The van der Waals surface area contributed by atoms with E-state index in [2.05, 4.69) is 0 Å². The maximum atomic E-state index is 13.9. The summed E-state index contributed by atoms with van der Waals surface area (Å²) in [7, 11) is 4.86. The molecule has 0 saturated heterocycles. The minimum atomic E-state index is -0.824. The number of unbranched alkanes of at least 4 members (excludes halogenated alkanes) is 5. The number of benzene rings is 2. The van der Waals surface area contributed by atoms with Crippen LogP contribution in [0.5, 0.6) is 11.5 Å². The van der Waals surface area contributed by atoms with Crippen molar-refractivity contribution in [2.45, 2.75) is 83.2 Å². The Hall–Kier alpha value is -4.06. The fourth-order valence-corrected chi connectivity index (χ4v) is 5.18. The van der Waals surface area contributed by atoms with E-state index in [9.17, 15) is 19.2 Å². The van der Waals surface area contributed by atoms with Gasteiger partial charge in [-0.1, -0.05) is 37.1 Å². The van der Waals surface area contributed by atoms with E-state index >= 15 is 0 Å². The van der Waals surface area contributed by atoms with Crippen molar-refractivity contribution < 1.29 is 47.6 Å². The van der Waals surface area contributed by atoms with Gasteiger partial charge in [-0.3, -0.25) is 19.2 Å². The molecule has 0 aliphatic carbocycles. The number of aliphatic carboxylic acids is 1. The number of esters is 2. The van der Waals surface area contributed by atoms with Crippen LogP contribution in [0.15, 0.2) is 51.9 Å². The molecule has 0 unspecified atom stereocenters. The molecule has 3 rings (SSSR count). The van der Waals surface area contributed by atoms with Crippen LogP contribution >= 0.6 is 0 Å². The molecule has 0 aliphatic heterocycles.